The molecule has 3 aromatic rings. The molecule has 1 unspecified atom stereocenters. The van der Waals surface area contributed by atoms with Gasteiger partial charge < -0.3 is 5.11 Å². The van der Waals surface area contributed by atoms with Gasteiger partial charge in [-0.15, -0.1) is 11.8 Å². The number of fused-ring (bicyclic) bond motifs is 1. The highest BCUT2D eigenvalue weighted by Gasteiger charge is 2.34. The number of aryl methyl sites for hydroxylation is 1. The fraction of sp³-hybridized carbons (Fsp3) is 0.450. The molecule has 0 saturated carbocycles. The number of benzene rings is 1. The first-order valence-corrected chi connectivity index (χ1v) is 11.8. The number of unbranched alkanes of at least 4 members (excludes halogenated alkanes) is 1. The molecule has 1 atom stereocenters. The maximum atomic E-state index is 11.5. The Labute approximate surface area is 189 Å². The van der Waals surface area contributed by atoms with Crippen LogP contribution in [0.25, 0.3) is 16.7 Å². The maximum Gasteiger partial charge on any atom is 0.168 e. The lowest BCUT2D eigenvalue weighted by Crippen LogP contribution is -2.27. The number of rotatable bonds is 7. The molecule has 0 amide bonds. The first-order valence-electron chi connectivity index (χ1n) is 9.44. The van der Waals surface area contributed by atoms with Crippen molar-refractivity contribution in [3.8, 4) is 5.69 Å². The highest BCUT2D eigenvalue weighted by Crippen LogP contribution is 2.40. The van der Waals surface area contributed by atoms with Crippen molar-refractivity contribution >= 4 is 57.6 Å². The third-order valence-corrected chi connectivity index (χ3v) is 6.43. The summed E-state index contributed by atoms with van der Waals surface area (Å²) < 4.78 is 1.62. The van der Waals surface area contributed by atoms with Crippen LogP contribution in [0, 0.1) is 6.92 Å². The average molecular weight is 474 g/mol. The quantitative estimate of drug-likeness (QED) is 0.392. The third-order valence-electron chi connectivity index (χ3n) is 4.96. The second-order valence-electron chi connectivity index (χ2n) is 6.95. The molecule has 29 heavy (non-hydrogen) atoms. The Hall–Kier alpha value is -1.05. The van der Waals surface area contributed by atoms with Crippen LogP contribution < -0.4 is 0 Å². The monoisotopic (exact) mass is 472 g/mol. The Kier molecular flexibility index (Phi) is 7.01. The summed E-state index contributed by atoms with van der Waals surface area (Å²) in [5.74, 6) is 0.547. The van der Waals surface area contributed by atoms with E-state index in [0.717, 1.165) is 18.2 Å². The van der Waals surface area contributed by atoms with Crippen LogP contribution in [0.1, 0.15) is 51.0 Å². The van der Waals surface area contributed by atoms with E-state index in [0.29, 0.717) is 55.8 Å². The lowest BCUT2D eigenvalue weighted by Gasteiger charge is -2.27. The average Bonchev–Trinajstić information content (AvgIpc) is 3.02. The molecule has 0 radical (unpaired) electrons. The lowest BCUT2D eigenvalue weighted by molar-refractivity contribution is 0.0181. The van der Waals surface area contributed by atoms with Gasteiger partial charge in [-0.25, -0.2) is 14.6 Å². The second-order valence-corrected chi connectivity index (χ2v) is 8.99. The molecular weight excluding hydrogens is 451 g/mol. The first kappa shape index (κ1) is 22.6. The molecule has 2 heterocycles. The summed E-state index contributed by atoms with van der Waals surface area (Å²) in [7, 11) is 0. The van der Waals surface area contributed by atoms with Gasteiger partial charge in [0.1, 0.15) is 22.1 Å². The van der Waals surface area contributed by atoms with Crippen LogP contribution in [0.4, 0.5) is 0 Å². The first-order chi connectivity index (χ1) is 13.8. The number of thioether (sulfide) groups is 1. The van der Waals surface area contributed by atoms with Crippen LogP contribution in [0.15, 0.2) is 17.2 Å². The molecule has 0 bridgehead atoms. The molecular formula is C20H23Cl3N4OS. The van der Waals surface area contributed by atoms with Crippen LogP contribution in [-0.2, 0) is 5.60 Å². The predicted molar refractivity (Wildman–Crippen MR) is 122 cm³/mol. The van der Waals surface area contributed by atoms with Gasteiger partial charge in [0.25, 0.3) is 0 Å². The van der Waals surface area contributed by atoms with Gasteiger partial charge in [-0.3, -0.25) is 0 Å². The Bertz CT molecular complexity index is 1030. The maximum absolute atomic E-state index is 11.5. The summed E-state index contributed by atoms with van der Waals surface area (Å²) in [6.07, 6.45) is 4.97. The molecule has 0 aliphatic carbocycles. The molecule has 9 heteroatoms. The molecule has 1 N–H and O–H groups in total. The van der Waals surface area contributed by atoms with Crippen molar-refractivity contribution in [2.45, 2.75) is 57.1 Å². The van der Waals surface area contributed by atoms with E-state index >= 15 is 0 Å². The normalized spacial score (nSPS) is 13.8. The van der Waals surface area contributed by atoms with Gasteiger partial charge in [0.05, 0.1) is 21.1 Å². The van der Waals surface area contributed by atoms with Crippen molar-refractivity contribution in [3.05, 3.63) is 38.7 Å². The Balaban J connectivity index is 2.37. The van der Waals surface area contributed by atoms with Gasteiger partial charge in [-0.05, 0) is 38.2 Å². The molecule has 0 aliphatic heterocycles. The predicted octanol–water partition coefficient (Wildman–Crippen LogP) is 6.59. The second kappa shape index (κ2) is 8.98. The SMILES string of the molecule is CCCCC(O)(CC)c1nc(C)nc2c1c(SC)nn2-c1c(Cl)cc(Cl)cc1Cl. The molecule has 0 saturated heterocycles. The van der Waals surface area contributed by atoms with Gasteiger partial charge in [0.15, 0.2) is 5.65 Å². The smallest absolute Gasteiger partial charge is 0.168 e. The van der Waals surface area contributed by atoms with Gasteiger partial charge in [0.2, 0.25) is 0 Å². The van der Waals surface area contributed by atoms with E-state index in [9.17, 15) is 5.11 Å². The number of halogens is 3. The molecule has 0 spiro atoms. The van der Waals surface area contributed by atoms with Crippen molar-refractivity contribution in [2.24, 2.45) is 0 Å². The zero-order valence-electron chi connectivity index (χ0n) is 16.8. The van der Waals surface area contributed by atoms with Gasteiger partial charge >= 0.3 is 0 Å². The summed E-state index contributed by atoms with van der Waals surface area (Å²) in [4.78, 5) is 9.29. The van der Waals surface area contributed by atoms with Crippen molar-refractivity contribution in [3.63, 3.8) is 0 Å². The Morgan fingerprint density at radius 3 is 2.34 bits per heavy atom. The third kappa shape index (κ3) is 4.23. The largest absolute Gasteiger partial charge is 0.384 e. The fourth-order valence-electron chi connectivity index (χ4n) is 3.40. The standard InChI is InChI=1S/C20H23Cl3N4OS/c1-5-7-8-20(28,6-2)17-15-18(25-11(3)24-17)27(26-19(15)29-4)16-13(22)9-12(21)10-14(16)23/h9-10,28H,5-8H2,1-4H3. The zero-order chi connectivity index (χ0) is 21.3. The number of aliphatic hydroxyl groups is 1. The number of aromatic nitrogens is 4. The lowest BCUT2D eigenvalue weighted by atomic mass is 9.88. The van der Waals surface area contributed by atoms with Crippen LogP contribution in [0.3, 0.4) is 0 Å². The van der Waals surface area contributed by atoms with Crippen LogP contribution in [0.5, 0.6) is 0 Å². The minimum atomic E-state index is -1.06. The molecule has 0 aliphatic rings. The van der Waals surface area contributed by atoms with Crippen molar-refractivity contribution in [1.29, 1.82) is 0 Å². The van der Waals surface area contributed by atoms with E-state index in [-0.39, 0.29) is 0 Å². The number of hydrogen-bond donors (Lipinski definition) is 1. The topological polar surface area (TPSA) is 63.8 Å². The van der Waals surface area contributed by atoms with E-state index in [1.807, 2.05) is 13.2 Å². The molecule has 3 rings (SSSR count). The summed E-state index contributed by atoms with van der Waals surface area (Å²) in [5, 5.41) is 18.8. The molecule has 0 fully saturated rings. The molecule has 5 nitrogen and oxygen atoms in total. The highest BCUT2D eigenvalue weighted by molar-refractivity contribution is 7.98. The van der Waals surface area contributed by atoms with Gasteiger partial charge in [-0.2, -0.15) is 5.10 Å². The van der Waals surface area contributed by atoms with Crippen molar-refractivity contribution < 1.29 is 5.11 Å². The minimum absolute atomic E-state index is 0.370. The van der Waals surface area contributed by atoms with E-state index in [1.54, 1.807) is 23.7 Å². The van der Waals surface area contributed by atoms with Gasteiger partial charge in [-0.1, -0.05) is 61.5 Å². The molecule has 2 aromatic heterocycles. The van der Waals surface area contributed by atoms with Crippen molar-refractivity contribution in [2.75, 3.05) is 6.26 Å². The van der Waals surface area contributed by atoms with E-state index in [1.165, 1.54) is 11.8 Å². The van der Waals surface area contributed by atoms with E-state index in [4.69, 9.17) is 39.9 Å². The van der Waals surface area contributed by atoms with Crippen LogP contribution in [-0.4, -0.2) is 31.1 Å². The number of hydrogen-bond acceptors (Lipinski definition) is 5. The Morgan fingerprint density at radius 1 is 1.14 bits per heavy atom. The fourth-order valence-corrected chi connectivity index (χ4v) is 4.93. The van der Waals surface area contributed by atoms with Crippen molar-refractivity contribution in [1.82, 2.24) is 19.7 Å². The number of nitrogens with zero attached hydrogens (tertiary/aromatic N) is 4. The molecule has 156 valence electrons. The van der Waals surface area contributed by atoms with E-state index < -0.39 is 5.60 Å². The van der Waals surface area contributed by atoms with Crippen LogP contribution in [0.2, 0.25) is 15.1 Å². The van der Waals surface area contributed by atoms with Crippen LogP contribution >= 0.6 is 46.6 Å². The summed E-state index contributed by atoms with van der Waals surface area (Å²) >= 11 is 20.5. The molecule has 1 aromatic carbocycles. The minimum Gasteiger partial charge on any atom is -0.384 e. The summed E-state index contributed by atoms with van der Waals surface area (Å²) in [5.41, 5.74) is 0.605. The zero-order valence-corrected chi connectivity index (χ0v) is 19.8. The van der Waals surface area contributed by atoms with E-state index in [2.05, 4.69) is 16.9 Å². The summed E-state index contributed by atoms with van der Waals surface area (Å²) in [6.45, 7) is 5.88. The van der Waals surface area contributed by atoms with Gasteiger partial charge in [0, 0.05) is 5.02 Å². The Morgan fingerprint density at radius 2 is 1.79 bits per heavy atom. The highest BCUT2D eigenvalue weighted by atomic mass is 35.5. The summed E-state index contributed by atoms with van der Waals surface area (Å²) in [6, 6.07) is 3.24.